The van der Waals surface area contributed by atoms with Crippen LogP contribution in [0.5, 0.6) is 5.75 Å². The van der Waals surface area contributed by atoms with Crippen molar-refractivity contribution in [2.24, 2.45) is 0 Å². The van der Waals surface area contributed by atoms with Crippen molar-refractivity contribution in [3.05, 3.63) is 103 Å². The van der Waals surface area contributed by atoms with Gasteiger partial charge in [0.2, 0.25) is 0 Å². The van der Waals surface area contributed by atoms with Crippen molar-refractivity contribution in [1.82, 2.24) is 10.3 Å². The Balaban J connectivity index is 1.58. The summed E-state index contributed by atoms with van der Waals surface area (Å²) in [7, 11) is 1.66. The van der Waals surface area contributed by atoms with E-state index in [0.29, 0.717) is 5.11 Å². The van der Waals surface area contributed by atoms with E-state index in [1.165, 1.54) is 0 Å². The number of thiocarbonyl (C=S) groups is 1. The zero-order valence-electron chi connectivity index (χ0n) is 16.9. The van der Waals surface area contributed by atoms with Crippen LogP contribution in [0.4, 0.5) is 5.69 Å². The maximum absolute atomic E-state index is 6.36. The zero-order chi connectivity index (χ0) is 21.2. The highest BCUT2D eigenvalue weighted by atomic mass is 32.1. The Bertz CT molecular complexity index is 1180. The van der Waals surface area contributed by atoms with Gasteiger partial charge in [-0.3, -0.25) is 4.98 Å². The Morgan fingerprint density at radius 2 is 1.71 bits per heavy atom. The minimum Gasteiger partial charge on any atom is -0.497 e. The standard InChI is InChI=1S/C25H21N3O2S/c1-29-19-12-10-18(11-13-19)28-24(23(27-25(28)31)20-9-5-6-16-26-20)22-15-14-21(30-22)17-7-3-2-4-8-17/h2-16,23-24H,1H3,(H,27,31). The third kappa shape index (κ3) is 3.66. The lowest BCUT2D eigenvalue weighted by Gasteiger charge is -2.26. The molecule has 2 aromatic carbocycles. The summed E-state index contributed by atoms with van der Waals surface area (Å²) in [4.78, 5) is 6.67. The largest absolute Gasteiger partial charge is 0.497 e. The van der Waals surface area contributed by atoms with Gasteiger partial charge in [0.15, 0.2) is 5.11 Å². The highest BCUT2D eigenvalue weighted by molar-refractivity contribution is 7.80. The summed E-state index contributed by atoms with van der Waals surface area (Å²) >= 11 is 5.75. The predicted octanol–water partition coefficient (Wildman–Crippen LogP) is 5.53. The lowest BCUT2D eigenvalue weighted by Crippen LogP contribution is -2.29. The highest BCUT2D eigenvalue weighted by Gasteiger charge is 2.42. The van der Waals surface area contributed by atoms with Crippen molar-refractivity contribution < 1.29 is 9.15 Å². The molecule has 3 heterocycles. The molecule has 2 aromatic heterocycles. The zero-order valence-corrected chi connectivity index (χ0v) is 17.8. The molecule has 5 nitrogen and oxygen atoms in total. The molecule has 2 unspecified atom stereocenters. The average Bonchev–Trinajstić information content (AvgIpc) is 3.45. The first kappa shape index (κ1) is 19.3. The van der Waals surface area contributed by atoms with Crippen LogP contribution in [0.15, 0.2) is 95.5 Å². The van der Waals surface area contributed by atoms with Crippen molar-refractivity contribution in [3.63, 3.8) is 0 Å². The Kier molecular flexibility index (Phi) is 5.14. The van der Waals surface area contributed by atoms with Crippen LogP contribution in [0.1, 0.15) is 23.5 Å². The molecule has 4 aromatic rings. The molecule has 1 saturated heterocycles. The van der Waals surface area contributed by atoms with Crippen molar-refractivity contribution in [3.8, 4) is 17.1 Å². The molecule has 1 fully saturated rings. The van der Waals surface area contributed by atoms with Gasteiger partial charge in [-0.2, -0.15) is 0 Å². The Labute approximate surface area is 186 Å². The van der Waals surface area contributed by atoms with Gasteiger partial charge in [0.05, 0.1) is 18.8 Å². The first-order valence-electron chi connectivity index (χ1n) is 10.0. The van der Waals surface area contributed by atoms with Gasteiger partial charge in [-0.15, -0.1) is 0 Å². The molecular weight excluding hydrogens is 406 g/mol. The molecule has 0 radical (unpaired) electrons. The quantitative estimate of drug-likeness (QED) is 0.423. The van der Waals surface area contributed by atoms with E-state index in [2.05, 4.69) is 15.2 Å². The summed E-state index contributed by atoms with van der Waals surface area (Å²) in [5, 5.41) is 4.08. The monoisotopic (exact) mass is 427 g/mol. The fourth-order valence-electron chi connectivity index (χ4n) is 3.93. The number of nitrogens with zero attached hydrogens (tertiary/aromatic N) is 2. The molecule has 1 aliphatic rings. The summed E-state index contributed by atoms with van der Waals surface area (Å²) in [5.41, 5.74) is 2.90. The first-order chi connectivity index (χ1) is 15.2. The number of ether oxygens (including phenoxy) is 1. The van der Waals surface area contributed by atoms with Crippen molar-refractivity contribution in [2.75, 3.05) is 12.0 Å². The Hall–Kier alpha value is -3.64. The summed E-state index contributed by atoms with van der Waals surface area (Å²) in [6.45, 7) is 0. The fraction of sp³-hybridized carbons (Fsp3) is 0.120. The van der Waals surface area contributed by atoms with Crippen LogP contribution in [0.25, 0.3) is 11.3 Å². The van der Waals surface area contributed by atoms with Gasteiger partial charge >= 0.3 is 0 Å². The summed E-state index contributed by atoms with van der Waals surface area (Å²) in [6, 6.07) is 27.5. The van der Waals surface area contributed by atoms with Crippen LogP contribution in [0.2, 0.25) is 0 Å². The van der Waals surface area contributed by atoms with E-state index >= 15 is 0 Å². The van der Waals surface area contributed by atoms with Crippen LogP contribution >= 0.6 is 12.2 Å². The van der Waals surface area contributed by atoms with Gasteiger partial charge < -0.3 is 19.4 Å². The lowest BCUT2D eigenvalue weighted by atomic mass is 10.0. The van der Waals surface area contributed by atoms with E-state index in [4.69, 9.17) is 21.4 Å². The maximum Gasteiger partial charge on any atom is 0.174 e. The second-order valence-corrected chi connectivity index (χ2v) is 7.65. The first-order valence-corrected chi connectivity index (χ1v) is 10.5. The molecule has 0 bridgehead atoms. The summed E-state index contributed by atoms with van der Waals surface area (Å²) in [5.74, 6) is 2.43. The average molecular weight is 428 g/mol. The second kappa shape index (κ2) is 8.24. The van der Waals surface area contributed by atoms with Gasteiger partial charge in [0.1, 0.15) is 23.3 Å². The number of methoxy groups -OCH3 is 1. The SMILES string of the molecule is COc1ccc(N2C(=S)NC(c3ccccn3)C2c2ccc(-c3ccccc3)o2)cc1. The normalized spacial score (nSPS) is 18.1. The molecule has 5 rings (SSSR count). The fourth-order valence-corrected chi connectivity index (χ4v) is 4.28. The molecule has 0 aliphatic carbocycles. The van der Waals surface area contributed by atoms with Crippen LogP contribution in [0.3, 0.4) is 0 Å². The van der Waals surface area contributed by atoms with Gasteiger partial charge in [0, 0.05) is 17.4 Å². The van der Waals surface area contributed by atoms with E-state index in [9.17, 15) is 0 Å². The molecule has 1 aliphatic heterocycles. The number of pyridine rings is 1. The number of hydrogen-bond acceptors (Lipinski definition) is 4. The number of nitrogens with one attached hydrogen (secondary N) is 1. The van der Waals surface area contributed by atoms with E-state index in [1.54, 1.807) is 13.3 Å². The molecule has 154 valence electrons. The molecule has 0 spiro atoms. The lowest BCUT2D eigenvalue weighted by molar-refractivity contribution is 0.414. The molecule has 6 heteroatoms. The van der Waals surface area contributed by atoms with Crippen molar-refractivity contribution >= 4 is 23.0 Å². The molecular formula is C25H21N3O2S. The number of aromatic nitrogens is 1. The Morgan fingerprint density at radius 3 is 2.42 bits per heavy atom. The molecule has 0 saturated carbocycles. The van der Waals surface area contributed by atoms with Crippen LogP contribution in [-0.4, -0.2) is 17.2 Å². The topological polar surface area (TPSA) is 50.5 Å². The number of anilines is 1. The molecule has 31 heavy (non-hydrogen) atoms. The van der Waals surface area contributed by atoms with Gasteiger partial charge in [-0.05, 0) is 60.7 Å². The minimum absolute atomic E-state index is 0.148. The maximum atomic E-state index is 6.36. The smallest absolute Gasteiger partial charge is 0.174 e. The second-order valence-electron chi connectivity index (χ2n) is 7.26. The van der Waals surface area contributed by atoms with E-state index in [0.717, 1.165) is 34.2 Å². The summed E-state index contributed by atoms with van der Waals surface area (Å²) < 4.78 is 11.7. The third-order valence-electron chi connectivity index (χ3n) is 5.43. The Morgan fingerprint density at radius 1 is 0.935 bits per heavy atom. The van der Waals surface area contributed by atoms with Gasteiger partial charge in [0.25, 0.3) is 0 Å². The molecule has 2 atom stereocenters. The number of benzene rings is 2. The van der Waals surface area contributed by atoms with Gasteiger partial charge in [-0.1, -0.05) is 36.4 Å². The van der Waals surface area contributed by atoms with Gasteiger partial charge in [-0.25, -0.2) is 0 Å². The minimum atomic E-state index is -0.187. The number of rotatable bonds is 5. The van der Waals surface area contributed by atoms with E-state index in [-0.39, 0.29) is 12.1 Å². The number of furan rings is 1. The van der Waals surface area contributed by atoms with Crippen LogP contribution in [-0.2, 0) is 0 Å². The molecule has 0 amide bonds. The highest BCUT2D eigenvalue weighted by Crippen LogP contribution is 2.43. The molecule has 1 N–H and O–H groups in total. The summed E-state index contributed by atoms with van der Waals surface area (Å²) in [6.07, 6.45) is 1.80. The van der Waals surface area contributed by atoms with Crippen LogP contribution in [0, 0.1) is 0 Å². The number of hydrogen-bond donors (Lipinski definition) is 1. The van der Waals surface area contributed by atoms with Crippen molar-refractivity contribution in [1.29, 1.82) is 0 Å². The third-order valence-corrected chi connectivity index (χ3v) is 5.74. The van der Waals surface area contributed by atoms with E-state index < -0.39 is 0 Å². The van der Waals surface area contributed by atoms with Crippen molar-refractivity contribution in [2.45, 2.75) is 12.1 Å². The van der Waals surface area contributed by atoms with Crippen LogP contribution < -0.4 is 15.0 Å². The predicted molar refractivity (Wildman–Crippen MR) is 125 cm³/mol. The van der Waals surface area contributed by atoms with E-state index in [1.807, 2.05) is 84.9 Å².